The molecular formula is C14H28O3. The van der Waals surface area contributed by atoms with Gasteiger partial charge in [0.1, 0.15) is 0 Å². The molecule has 0 aromatic heterocycles. The number of rotatable bonds is 3. The molecule has 0 aromatic rings. The lowest BCUT2D eigenvalue weighted by molar-refractivity contribution is -0.132. The van der Waals surface area contributed by atoms with Crippen molar-refractivity contribution >= 4 is 5.97 Å². The van der Waals surface area contributed by atoms with Gasteiger partial charge in [0.25, 0.3) is 0 Å². The van der Waals surface area contributed by atoms with Crippen LogP contribution in [0.15, 0.2) is 12.2 Å². The largest absolute Gasteiger partial charge is 0.478 e. The van der Waals surface area contributed by atoms with Crippen LogP contribution in [0, 0.1) is 10.8 Å². The summed E-state index contributed by atoms with van der Waals surface area (Å²) in [6.07, 6.45) is 0. The average Bonchev–Trinajstić information content (AvgIpc) is 1.99. The molecule has 0 saturated heterocycles. The second-order valence-corrected chi connectivity index (χ2v) is 6.70. The molecule has 0 unspecified atom stereocenters. The van der Waals surface area contributed by atoms with Gasteiger partial charge in [0.05, 0.1) is 13.2 Å². The summed E-state index contributed by atoms with van der Waals surface area (Å²) in [6, 6.07) is 0. The van der Waals surface area contributed by atoms with Gasteiger partial charge in [0.2, 0.25) is 0 Å². The Hall–Kier alpha value is -0.830. The number of hydrogen-bond donors (Lipinski definition) is 1. The van der Waals surface area contributed by atoms with Crippen molar-refractivity contribution in [3.63, 3.8) is 0 Å². The van der Waals surface area contributed by atoms with Gasteiger partial charge in [0.15, 0.2) is 0 Å². The summed E-state index contributed by atoms with van der Waals surface area (Å²) in [4.78, 5) is 9.60. The highest BCUT2D eigenvalue weighted by atomic mass is 16.5. The first-order valence-corrected chi connectivity index (χ1v) is 5.82. The molecule has 0 spiro atoms. The molecule has 0 fully saturated rings. The zero-order valence-corrected chi connectivity index (χ0v) is 12.4. The zero-order valence-electron chi connectivity index (χ0n) is 12.4. The van der Waals surface area contributed by atoms with Crippen molar-refractivity contribution in [2.75, 3.05) is 13.2 Å². The Morgan fingerprint density at radius 2 is 1.29 bits per heavy atom. The fraction of sp³-hybridized carbons (Fsp3) is 0.786. The first-order valence-electron chi connectivity index (χ1n) is 5.82. The lowest BCUT2D eigenvalue weighted by Gasteiger charge is -2.23. The Morgan fingerprint density at radius 1 is 1.06 bits per heavy atom. The maximum absolute atomic E-state index is 9.60. The van der Waals surface area contributed by atoms with E-state index in [1.165, 1.54) is 6.92 Å². The predicted molar refractivity (Wildman–Crippen MR) is 72.2 cm³/mol. The van der Waals surface area contributed by atoms with Gasteiger partial charge in [-0.05, 0) is 17.8 Å². The highest BCUT2D eigenvalue weighted by Gasteiger charge is 2.14. The minimum absolute atomic E-state index is 0.176. The molecule has 17 heavy (non-hydrogen) atoms. The molecule has 0 aliphatic carbocycles. The van der Waals surface area contributed by atoms with E-state index in [1.807, 2.05) is 0 Å². The fourth-order valence-electron chi connectivity index (χ4n) is 0.663. The summed E-state index contributed by atoms with van der Waals surface area (Å²) in [6.45, 7) is 19.4. The van der Waals surface area contributed by atoms with E-state index in [2.05, 4.69) is 48.1 Å². The van der Waals surface area contributed by atoms with Gasteiger partial charge in [0, 0.05) is 5.57 Å². The van der Waals surface area contributed by atoms with Crippen molar-refractivity contribution in [1.82, 2.24) is 0 Å². The first kappa shape index (κ1) is 18.5. The number of carboxylic acids is 1. The molecule has 0 aliphatic rings. The predicted octanol–water partition coefficient (Wildman–Crippen LogP) is 3.74. The van der Waals surface area contributed by atoms with E-state index in [9.17, 15) is 4.79 Å². The molecule has 3 nitrogen and oxygen atoms in total. The van der Waals surface area contributed by atoms with Crippen LogP contribution in [0.25, 0.3) is 0 Å². The number of ether oxygens (including phenoxy) is 1. The molecule has 3 heteroatoms. The maximum Gasteiger partial charge on any atom is 0.330 e. The van der Waals surface area contributed by atoms with Crippen molar-refractivity contribution in [1.29, 1.82) is 0 Å². The molecule has 0 amide bonds. The molecule has 0 aliphatic heterocycles. The lowest BCUT2D eigenvalue weighted by atomic mass is 9.97. The third-order valence-electron chi connectivity index (χ3n) is 1.44. The van der Waals surface area contributed by atoms with Gasteiger partial charge in [-0.15, -0.1) is 0 Å². The van der Waals surface area contributed by atoms with Crippen molar-refractivity contribution < 1.29 is 14.6 Å². The number of carboxylic acid groups (broad SMARTS) is 1. The van der Waals surface area contributed by atoms with Crippen LogP contribution in [0.2, 0.25) is 0 Å². The monoisotopic (exact) mass is 244 g/mol. The van der Waals surface area contributed by atoms with E-state index < -0.39 is 5.97 Å². The van der Waals surface area contributed by atoms with Crippen LogP contribution in [0.3, 0.4) is 0 Å². The average molecular weight is 244 g/mol. The summed E-state index contributed by atoms with van der Waals surface area (Å²) < 4.78 is 5.56. The van der Waals surface area contributed by atoms with Gasteiger partial charge >= 0.3 is 5.97 Å². The van der Waals surface area contributed by atoms with Crippen molar-refractivity contribution in [3.8, 4) is 0 Å². The van der Waals surface area contributed by atoms with Gasteiger partial charge in [-0.3, -0.25) is 0 Å². The van der Waals surface area contributed by atoms with Crippen LogP contribution in [-0.4, -0.2) is 24.3 Å². The molecule has 0 rings (SSSR count). The molecule has 0 saturated carbocycles. The SMILES string of the molecule is C=C(C)C(=O)O.CC(C)(C)COCC(C)(C)C. The van der Waals surface area contributed by atoms with Crippen LogP contribution in [-0.2, 0) is 9.53 Å². The molecule has 0 aromatic carbocycles. The van der Waals surface area contributed by atoms with Crippen molar-refractivity contribution in [2.24, 2.45) is 10.8 Å². The fourth-order valence-corrected chi connectivity index (χ4v) is 0.663. The highest BCUT2D eigenvalue weighted by Crippen LogP contribution is 2.17. The first-order chi connectivity index (χ1) is 7.35. The van der Waals surface area contributed by atoms with Crippen LogP contribution in [0.5, 0.6) is 0 Å². The maximum atomic E-state index is 9.60. The van der Waals surface area contributed by atoms with Gasteiger partial charge in [-0.2, -0.15) is 0 Å². The van der Waals surface area contributed by atoms with E-state index in [0.717, 1.165) is 13.2 Å². The van der Waals surface area contributed by atoms with E-state index in [4.69, 9.17) is 9.84 Å². The highest BCUT2D eigenvalue weighted by molar-refractivity contribution is 5.84. The topological polar surface area (TPSA) is 46.5 Å². The Balaban J connectivity index is 0. The minimum Gasteiger partial charge on any atom is -0.478 e. The molecule has 0 heterocycles. The summed E-state index contributed by atoms with van der Waals surface area (Å²) in [7, 11) is 0. The summed E-state index contributed by atoms with van der Waals surface area (Å²) >= 11 is 0. The minimum atomic E-state index is -0.935. The summed E-state index contributed by atoms with van der Waals surface area (Å²) in [5.74, 6) is -0.935. The quantitative estimate of drug-likeness (QED) is 0.769. The van der Waals surface area contributed by atoms with Gasteiger partial charge in [-0.25, -0.2) is 4.79 Å². The Bertz CT molecular complexity index is 215. The van der Waals surface area contributed by atoms with Gasteiger partial charge < -0.3 is 9.84 Å². The molecule has 1 N–H and O–H groups in total. The molecule has 0 bridgehead atoms. The summed E-state index contributed by atoms with van der Waals surface area (Å²) in [5.41, 5.74) is 0.770. The second kappa shape index (κ2) is 7.49. The van der Waals surface area contributed by atoms with Crippen molar-refractivity contribution in [3.05, 3.63) is 12.2 Å². The second-order valence-electron chi connectivity index (χ2n) is 6.70. The summed E-state index contributed by atoms with van der Waals surface area (Å²) in [5, 5.41) is 7.89. The normalized spacial score (nSPS) is 11.5. The molecule has 0 atom stereocenters. The van der Waals surface area contributed by atoms with Crippen LogP contribution in [0.4, 0.5) is 0 Å². The molecular weight excluding hydrogens is 216 g/mol. The standard InChI is InChI=1S/C10H22O.C4H6O2/c1-9(2,3)7-11-8-10(4,5)6;1-3(2)4(5)6/h7-8H2,1-6H3;1H2,2H3,(H,5,6). The Morgan fingerprint density at radius 3 is 1.41 bits per heavy atom. The smallest absolute Gasteiger partial charge is 0.330 e. The van der Waals surface area contributed by atoms with Crippen LogP contribution >= 0.6 is 0 Å². The van der Waals surface area contributed by atoms with E-state index in [0.29, 0.717) is 10.8 Å². The lowest BCUT2D eigenvalue weighted by Crippen LogP contribution is -2.21. The number of aliphatic carboxylic acids is 1. The third kappa shape index (κ3) is 21.1. The van der Waals surface area contributed by atoms with Crippen LogP contribution < -0.4 is 0 Å². The van der Waals surface area contributed by atoms with Crippen LogP contribution in [0.1, 0.15) is 48.5 Å². The molecule has 0 radical (unpaired) electrons. The number of carbonyl (C=O) groups is 1. The Kier molecular flexibility index (Phi) is 8.16. The third-order valence-corrected chi connectivity index (χ3v) is 1.44. The van der Waals surface area contributed by atoms with E-state index >= 15 is 0 Å². The van der Waals surface area contributed by atoms with E-state index in [1.54, 1.807) is 0 Å². The molecule has 102 valence electrons. The van der Waals surface area contributed by atoms with Gasteiger partial charge in [-0.1, -0.05) is 48.1 Å². The zero-order chi connectivity index (χ0) is 14.3. The Labute approximate surface area is 106 Å². The van der Waals surface area contributed by atoms with E-state index in [-0.39, 0.29) is 5.57 Å². The number of hydrogen-bond acceptors (Lipinski definition) is 2. The van der Waals surface area contributed by atoms with Crippen molar-refractivity contribution in [2.45, 2.75) is 48.5 Å².